The zero-order valence-electron chi connectivity index (χ0n) is 21.1. The van der Waals surface area contributed by atoms with Crippen LogP contribution in [-0.2, 0) is 34.2 Å². The van der Waals surface area contributed by atoms with Gasteiger partial charge in [-0.05, 0) is 42.3 Å². The van der Waals surface area contributed by atoms with Gasteiger partial charge in [-0.2, -0.15) is 0 Å². The molecule has 0 aliphatic carbocycles. The zero-order chi connectivity index (χ0) is 26.3. The van der Waals surface area contributed by atoms with Gasteiger partial charge in [0.25, 0.3) is 5.56 Å². The van der Waals surface area contributed by atoms with Gasteiger partial charge in [0.15, 0.2) is 0 Å². The fourth-order valence-corrected chi connectivity index (χ4v) is 4.26. The molecule has 0 saturated carbocycles. The quantitative estimate of drug-likeness (QED) is 0.217. The van der Waals surface area contributed by atoms with Gasteiger partial charge in [0.1, 0.15) is 6.73 Å². The Morgan fingerprint density at radius 2 is 1.75 bits per heavy atom. The minimum absolute atomic E-state index is 0.122. The van der Waals surface area contributed by atoms with Gasteiger partial charge in [-0.1, -0.05) is 43.9 Å². The van der Waals surface area contributed by atoms with Crippen LogP contribution in [0.5, 0.6) is 0 Å². The second-order valence-corrected chi connectivity index (χ2v) is 15.2. The lowest BCUT2D eigenvalue weighted by Gasteiger charge is -2.17. The van der Waals surface area contributed by atoms with Crippen LogP contribution in [0.1, 0.15) is 39.0 Å². The van der Waals surface area contributed by atoms with E-state index in [1.165, 1.54) is 0 Å². The highest BCUT2D eigenvalue weighted by Gasteiger charge is 2.19. The van der Waals surface area contributed by atoms with Crippen LogP contribution in [0.4, 0.5) is 0 Å². The Bertz CT molecular complexity index is 1280. The number of benzene rings is 2. The Hall–Kier alpha value is -3.34. The summed E-state index contributed by atoms with van der Waals surface area (Å²) in [5, 5.41) is 9.93. The lowest BCUT2D eigenvalue weighted by atomic mass is 10.1. The van der Waals surface area contributed by atoms with Crippen LogP contribution >= 0.6 is 0 Å². The van der Waals surface area contributed by atoms with Crippen LogP contribution in [0, 0.1) is 0 Å². The Morgan fingerprint density at radius 3 is 2.39 bits per heavy atom. The molecule has 0 unspecified atom stereocenters. The standard InChI is InChI=1S/C26H32N2O7Si/c1-5-35-26(32)19-11-9-18(10-12-19)15-34-16-20-7-6-8-21-22(20)24(29)28(23(27-21)25(30)31)17-33-13-14-36(2,3)4/h6-12H,5,13-17H2,1-4H3,(H,30,31). The number of fused-ring (bicyclic) bond motifs is 1. The third-order valence-corrected chi connectivity index (χ3v) is 7.17. The number of carboxylic acids is 1. The highest BCUT2D eigenvalue weighted by atomic mass is 28.3. The molecule has 0 amide bonds. The number of carbonyl (C=O) groups excluding carboxylic acids is 1. The van der Waals surface area contributed by atoms with Crippen LogP contribution in [-0.4, -0.2) is 47.9 Å². The number of hydrogen-bond acceptors (Lipinski definition) is 7. The number of aromatic nitrogens is 2. The van der Waals surface area contributed by atoms with Crippen molar-refractivity contribution in [3.8, 4) is 0 Å². The van der Waals surface area contributed by atoms with Gasteiger partial charge in [-0.15, -0.1) is 0 Å². The van der Waals surface area contributed by atoms with Gasteiger partial charge in [-0.3, -0.25) is 9.36 Å². The first kappa shape index (κ1) is 27.2. The third-order valence-electron chi connectivity index (χ3n) is 5.47. The van der Waals surface area contributed by atoms with Crippen molar-refractivity contribution in [1.29, 1.82) is 0 Å². The molecule has 1 aromatic heterocycles. The molecule has 3 aromatic rings. The molecule has 0 aliphatic rings. The van der Waals surface area contributed by atoms with E-state index in [4.69, 9.17) is 14.2 Å². The minimum Gasteiger partial charge on any atom is -0.475 e. The summed E-state index contributed by atoms with van der Waals surface area (Å²) in [6.45, 7) is 9.34. The molecule has 0 aliphatic heterocycles. The third kappa shape index (κ3) is 7.09. The van der Waals surface area contributed by atoms with Crippen molar-refractivity contribution in [2.45, 2.75) is 52.6 Å². The number of ether oxygens (including phenoxy) is 3. The number of aromatic carboxylic acids is 1. The average molecular weight is 513 g/mol. The second-order valence-electron chi connectivity index (χ2n) is 9.54. The summed E-state index contributed by atoms with van der Waals surface area (Å²) in [4.78, 5) is 41.2. The van der Waals surface area contributed by atoms with Crippen LogP contribution in [0.2, 0.25) is 25.7 Å². The van der Waals surface area contributed by atoms with Crippen molar-refractivity contribution >= 4 is 30.9 Å². The molecule has 2 aromatic carbocycles. The first-order valence-electron chi connectivity index (χ1n) is 11.8. The van der Waals surface area contributed by atoms with Crippen molar-refractivity contribution in [3.63, 3.8) is 0 Å². The normalized spacial score (nSPS) is 11.6. The number of nitrogens with zero attached hydrogens (tertiary/aromatic N) is 2. The maximum absolute atomic E-state index is 13.3. The van der Waals surface area contributed by atoms with Crippen molar-refractivity contribution in [3.05, 3.63) is 75.3 Å². The lowest BCUT2D eigenvalue weighted by Crippen LogP contribution is -2.30. The summed E-state index contributed by atoms with van der Waals surface area (Å²) in [6.07, 6.45) is 0. The number of carbonyl (C=O) groups is 2. The first-order chi connectivity index (χ1) is 17.1. The molecule has 192 valence electrons. The zero-order valence-corrected chi connectivity index (χ0v) is 22.1. The Morgan fingerprint density at radius 1 is 1.03 bits per heavy atom. The van der Waals surface area contributed by atoms with Crippen LogP contribution < -0.4 is 5.56 Å². The van der Waals surface area contributed by atoms with Crippen molar-refractivity contribution in [1.82, 2.24) is 9.55 Å². The SMILES string of the molecule is CCOC(=O)c1ccc(COCc2cccc3nc(C(=O)O)n(COCC[Si](C)(C)C)c(=O)c23)cc1. The van der Waals surface area contributed by atoms with Gasteiger partial charge in [-0.25, -0.2) is 14.6 Å². The molecule has 1 N–H and O–H groups in total. The number of carboxylic acid groups (broad SMARTS) is 1. The molecule has 0 atom stereocenters. The van der Waals surface area contributed by atoms with Crippen LogP contribution in [0.15, 0.2) is 47.3 Å². The number of esters is 1. The Kier molecular flexibility index (Phi) is 9.13. The van der Waals surface area contributed by atoms with E-state index in [1.807, 2.05) is 0 Å². The molecule has 9 nitrogen and oxygen atoms in total. The van der Waals surface area contributed by atoms with E-state index in [2.05, 4.69) is 24.6 Å². The molecular weight excluding hydrogens is 480 g/mol. The van der Waals surface area contributed by atoms with Crippen molar-refractivity contribution in [2.24, 2.45) is 0 Å². The highest BCUT2D eigenvalue weighted by molar-refractivity contribution is 6.76. The predicted molar refractivity (Wildman–Crippen MR) is 138 cm³/mol. The average Bonchev–Trinajstić information content (AvgIpc) is 2.82. The molecule has 3 rings (SSSR count). The van der Waals surface area contributed by atoms with Crippen molar-refractivity contribution < 1.29 is 28.9 Å². The highest BCUT2D eigenvalue weighted by Crippen LogP contribution is 2.17. The van der Waals surface area contributed by atoms with Gasteiger partial charge in [0.05, 0.1) is 36.3 Å². The maximum atomic E-state index is 13.3. The molecule has 10 heteroatoms. The van der Waals surface area contributed by atoms with E-state index >= 15 is 0 Å². The first-order valence-corrected chi connectivity index (χ1v) is 15.5. The van der Waals surface area contributed by atoms with E-state index in [9.17, 15) is 19.5 Å². The predicted octanol–water partition coefficient (Wildman–Crippen LogP) is 4.30. The Balaban J connectivity index is 1.78. The second kappa shape index (κ2) is 12.1. The van der Waals surface area contributed by atoms with E-state index in [0.717, 1.165) is 16.2 Å². The maximum Gasteiger partial charge on any atom is 0.372 e. The molecule has 0 saturated heterocycles. The number of rotatable bonds is 12. The molecule has 0 fully saturated rings. The van der Waals surface area contributed by atoms with Gasteiger partial charge in [0, 0.05) is 14.7 Å². The molecular formula is C26H32N2O7Si. The van der Waals surface area contributed by atoms with Crippen LogP contribution in [0.25, 0.3) is 10.9 Å². The molecule has 0 bridgehead atoms. The Labute approximate surface area is 210 Å². The van der Waals surface area contributed by atoms with Crippen molar-refractivity contribution in [2.75, 3.05) is 13.2 Å². The molecule has 1 heterocycles. The minimum atomic E-state index is -1.34. The summed E-state index contributed by atoms with van der Waals surface area (Å²) in [7, 11) is -1.34. The fraction of sp³-hybridized carbons (Fsp3) is 0.385. The van der Waals surface area contributed by atoms with E-state index in [0.29, 0.717) is 29.7 Å². The molecule has 0 radical (unpaired) electrons. The number of hydrogen-bond donors (Lipinski definition) is 1. The van der Waals surface area contributed by atoms with E-state index < -0.39 is 19.6 Å². The topological polar surface area (TPSA) is 117 Å². The summed E-state index contributed by atoms with van der Waals surface area (Å²) in [5.41, 5.74) is 1.71. The summed E-state index contributed by atoms with van der Waals surface area (Å²) >= 11 is 0. The van der Waals surface area contributed by atoms with Crippen LogP contribution in [0.3, 0.4) is 0 Å². The van der Waals surface area contributed by atoms with Gasteiger partial charge < -0.3 is 19.3 Å². The monoisotopic (exact) mass is 512 g/mol. The van der Waals surface area contributed by atoms with E-state index in [-0.39, 0.29) is 37.3 Å². The fourth-order valence-electron chi connectivity index (χ4n) is 3.50. The van der Waals surface area contributed by atoms with Gasteiger partial charge >= 0.3 is 11.9 Å². The lowest BCUT2D eigenvalue weighted by molar-refractivity contribution is 0.0525. The van der Waals surface area contributed by atoms with Gasteiger partial charge in [0.2, 0.25) is 5.82 Å². The summed E-state index contributed by atoms with van der Waals surface area (Å²) < 4.78 is 17.5. The smallest absolute Gasteiger partial charge is 0.372 e. The summed E-state index contributed by atoms with van der Waals surface area (Å²) in [5.74, 6) is -2.04. The molecule has 36 heavy (non-hydrogen) atoms. The summed E-state index contributed by atoms with van der Waals surface area (Å²) in [6, 6.07) is 12.9. The van der Waals surface area contributed by atoms with E-state index in [1.54, 1.807) is 49.4 Å². The largest absolute Gasteiger partial charge is 0.475 e. The molecule has 0 spiro atoms.